The van der Waals surface area contributed by atoms with Gasteiger partial charge in [-0.1, -0.05) is 27.5 Å². The fraction of sp³-hybridized carbons (Fsp3) is 0.133. The first-order valence-electron chi connectivity index (χ1n) is 5.67. The first kappa shape index (κ1) is 14.1. The van der Waals surface area contributed by atoms with Gasteiger partial charge in [-0.15, -0.1) is 0 Å². The fourth-order valence-electron chi connectivity index (χ4n) is 1.80. The average Bonchev–Trinajstić information content (AvgIpc) is 2.41. The highest BCUT2D eigenvalue weighted by Gasteiger charge is 2.15. The van der Waals surface area contributed by atoms with Crippen molar-refractivity contribution < 1.29 is 9.53 Å². The summed E-state index contributed by atoms with van der Waals surface area (Å²) in [6.07, 6.45) is 0. The van der Waals surface area contributed by atoms with Gasteiger partial charge in [0.1, 0.15) is 5.75 Å². The van der Waals surface area contributed by atoms with E-state index in [1.165, 1.54) is 7.11 Å². The molecule has 0 radical (unpaired) electrons. The fourth-order valence-corrected chi connectivity index (χ4v) is 2.22. The van der Waals surface area contributed by atoms with Gasteiger partial charge in [0.15, 0.2) is 5.78 Å². The summed E-state index contributed by atoms with van der Waals surface area (Å²) >= 11 is 9.36. The summed E-state index contributed by atoms with van der Waals surface area (Å²) in [5, 5.41) is 0.512. The second-order valence-corrected chi connectivity index (χ2v) is 5.43. The van der Waals surface area contributed by atoms with Crippen LogP contribution < -0.4 is 4.74 Å². The Morgan fingerprint density at radius 3 is 2.58 bits per heavy atom. The summed E-state index contributed by atoms with van der Waals surface area (Å²) in [6.45, 7) is 1.94. The topological polar surface area (TPSA) is 26.3 Å². The zero-order chi connectivity index (χ0) is 14.0. The predicted octanol–water partition coefficient (Wildman–Crippen LogP) is 4.65. The largest absolute Gasteiger partial charge is 0.496 e. The molecule has 0 aliphatic rings. The molecule has 0 aromatic heterocycles. The van der Waals surface area contributed by atoms with E-state index in [2.05, 4.69) is 15.9 Å². The molecule has 0 saturated heterocycles. The van der Waals surface area contributed by atoms with Crippen molar-refractivity contribution in [3.05, 3.63) is 62.6 Å². The van der Waals surface area contributed by atoms with Crippen LogP contribution >= 0.6 is 27.5 Å². The van der Waals surface area contributed by atoms with E-state index in [1.807, 2.05) is 19.1 Å². The highest BCUT2D eigenvalue weighted by molar-refractivity contribution is 9.10. The summed E-state index contributed by atoms with van der Waals surface area (Å²) in [4.78, 5) is 12.5. The summed E-state index contributed by atoms with van der Waals surface area (Å²) in [6, 6.07) is 10.5. The van der Waals surface area contributed by atoms with Crippen molar-refractivity contribution in [2.45, 2.75) is 6.92 Å². The molecule has 2 aromatic carbocycles. The molecule has 0 N–H and O–H groups in total. The minimum Gasteiger partial charge on any atom is -0.496 e. The van der Waals surface area contributed by atoms with E-state index in [0.29, 0.717) is 21.9 Å². The third-order valence-electron chi connectivity index (χ3n) is 2.83. The quantitative estimate of drug-likeness (QED) is 0.761. The van der Waals surface area contributed by atoms with Crippen LogP contribution in [0.5, 0.6) is 5.75 Å². The van der Waals surface area contributed by atoms with Crippen LogP contribution in [0.4, 0.5) is 0 Å². The monoisotopic (exact) mass is 338 g/mol. The molecule has 0 atom stereocenters. The smallest absolute Gasteiger partial charge is 0.196 e. The lowest BCUT2D eigenvalue weighted by atomic mass is 10.0. The number of aryl methyl sites for hydroxylation is 1. The van der Waals surface area contributed by atoms with Gasteiger partial charge in [0.05, 0.1) is 12.7 Å². The Labute approximate surface area is 125 Å². The molecule has 98 valence electrons. The van der Waals surface area contributed by atoms with Crippen LogP contribution in [0.1, 0.15) is 21.5 Å². The first-order chi connectivity index (χ1) is 9.02. The van der Waals surface area contributed by atoms with Gasteiger partial charge in [-0.3, -0.25) is 4.79 Å². The molecule has 0 bridgehead atoms. The van der Waals surface area contributed by atoms with Crippen LogP contribution in [-0.4, -0.2) is 12.9 Å². The number of hydrogen-bond donors (Lipinski definition) is 0. The lowest BCUT2D eigenvalue weighted by Crippen LogP contribution is -2.04. The Morgan fingerprint density at radius 2 is 1.95 bits per heavy atom. The minimum absolute atomic E-state index is 0.102. The molecule has 2 aromatic rings. The van der Waals surface area contributed by atoms with Gasteiger partial charge in [0.25, 0.3) is 0 Å². The van der Waals surface area contributed by atoms with E-state index in [4.69, 9.17) is 16.3 Å². The Hall–Kier alpha value is -1.32. The van der Waals surface area contributed by atoms with Crippen LogP contribution in [0.15, 0.2) is 40.9 Å². The standard InChI is InChI=1S/C15H12BrClO2/c1-9-7-10(3-5-13(9)16)15(18)12-8-11(17)4-6-14(12)19-2/h3-8H,1-2H3. The van der Waals surface area contributed by atoms with E-state index in [-0.39, 0.29) is 5.78 Å². The highest BCUT2D eigenvalue weighted by atomic mass is 79.9. The molecule has 0 fully saturated rings. The summed E-state index contributed by atoms with van der Waals surface area (Å²) in [5.74, 6) is 0.421. The maximum Gasteiger partial charge on any atom is 0.196 e. The minimum atomic E-state index is -0.102. The van der Waals surface area contributed by atoms with Gasteiger partial charge >= 0.3 is 0 Å². The van der Waals surface area contributed by atoms with Crippen LogP contribution in [0.25, 0.3) is 0 Å². The number of benzene rings is 2. The molecule has 0 amide bonds. The van der Waals surface area contributed by atoms with Gasteiger partial charge in [0, 0.05) is 15.1 Å². The summed E-state index contributed by atoms with van der Waals surface area (Å²) in [5.41, 5.74) is 2.09. The molecule has 4 heteroatoms. The van der Waals surface area contributed by atoms with Crippen LogP contribution in [0.3, 0.4) is 0 Å². The van der Waals surface area contributed by atoms with Gasteiger partial charge in [-0.25, -0.2) is 0 Å². The molecule has 2 rings (SSSR count). The molecule has 0 unspecified atom stereocenters. The number of carbonyl (C=O) groups excluding carboxylic acids is 1. The molecule has 0 spiro atoms. The van der Waals surface area contributed by atoms with Crippen molar-refractivity contribution in [2.75, 3.05) is 7.11 Å². The lowest BCUT2D eigenvalue weighted by molar-refractivity contribution is 0.103. The van der Waals surface area contributed by atoms with Crippen LogP contribution in [0.2, 0.25) is 5.02 Å². The predicted molar refractivity (Wildman–Crippen MR) is 80.3 cm³/mol. The molecule has 0 saturated carbocycles. The van der Waals surface area contributed by atoms with E-state index in [9.17, 15) is 4.79 Å². The number of ether oxygens (including phenoxy) is 1. The molecular formula is C15H12BrClO2. The third kappa shape index (κ3) is 2.99. The Morgan fingerprint density at radius 1 is 1.21 bits per heavy atom. The van der Waals surface area contributed by atoms with Crippen LogP contribution in [-0.2, 0) is 0 Å². The molecule has 19 heavy (non-hydrogen) atoms. The number of carbonyl (C=O) groups is 1. The van der Waals surface area contributed by atoms with Crippen molar-refractivity contribution in [2.24, 2.45) is 0 Å². The molecule has 2 nitrogen and oxygen atoms in total. The normalized spacial score (nSPS) is 10.3. The van der Waals surface area contributed by atoms with Crippen molar-refractivity contribution in [1.82, 2.24) is 0 Å². The van der Waals surface area contributed by atoms with Gasteiger partial charge < -0.3 is 4.74 Å². The van der Waals surface area contributed by atoms with E-state index in [0.717, 1.165) is 10.0 Å². The van der Waals surface area contributed by atoms with Gasteiger partial charge in [-0.05, 0) is 48.9 Å². The SMILES string of the molecule is COc1ccc(Cl)cc1C(=O)c1ccc(Br)c(C)c1. The summed E-state index contributed by atoms with van der Waals surface area (Å²) in [7, 11) is 1.53. The Kier molecular flexibility index (Phi) is 4.27. The molecule has 0 aliphatic carbocycles. The number of methoxy groups -OCH3 is 1. The van der Waals surface area contributed by atoms with Crippen molar-refractivity contribution in [1.29, 1.82) is 0 Å². The van der Waals surface area contributed by atoms with Crippen molar-refractivity contribution in [3.63, 3.8) is 0 Å². The van der Waals surface area contributed by atoms with Gasteiger partial charge in [-0.2, -0.15) is 0 Å². The maximum absolute atomic E-state index is 12.5. The van der Waals surface area contributed by atoms with E-state index < -0.39 is 0 Å². The number of hydrogen-bond acceptors (Lipinski definition) is 2. The first-order valence-corrected chi connectivity index (χ1v) is 6.84. The average molecular weight is 340 g/mol. The lowest BCUT2D eigenvalue weighted by Gasteiger charge is -2.09. The number of rotatable bonds is 3. The Balaban J connectivity index is 2.49. The van der Waals surface area contributed by atoms with E-state index in [1.54, 1.807) is 24.3 Å². The second kappa shape index (κ2) is 5.76. The number of halogens is 2. The zero-order valence-electron chi connectivity index (χ0n) is 10.5. The third-order valence-corrected chi connectivity index (χ3v) is 3.95. The number of ketones is 1. The van der Waals surface area contributed by atoms with E-state index >= 15 is 0 Å². The zero-order valence-corrected chi connectivity index (χ0v) is 12.9. The molecule has 0 heterocycles. The second-order valence-electron chi connectivity index (χ2n) is 4.14. The molecule has 0 aliphatic heterocycles. The summed E-state index contributed by atoms with van der Waals surface area (Å²) < 4.78 is 6.18. The molecular weight excluding hydrogens is 328 g/mol. The van der Waals surface area contributed by atoms with Crippen molar-refractivity contribution >= 4 is 33.3 Å². The van der Waals surface area contributed by atoms with Crippen molar-refractivity contribution in [3.8, 4) is 5.75 Å². The Bertz CT molecular complexity index is 638. The maximum atomic E-state index is 12.5. The van der Waals surface area contributed by atoms with Crippen LogP contribution in [0, 0.1) is 6.92 Å². The van der Waals surface area contributed by atoms with Gasteiger partial charge in [0.2, 0.25) is 0 Å². The highest BCUT2D eigenvalue weighted by Crippen LogP contribution is 2.26.